The van der Waals surface area contributed by atoms with Gasteiger partial charge in [-0.3, -0.25) is 0 Å². The second-order valence-electron chi connectivity index (χ2n) is 5.32. The minimum atomic E-state index is -4.74. The maximum atomic E-state index is 13.7. The normalized spacial score (nSPS) is 11.4. The molecule has 27 heavy (non-hydrogen) atoms. The molecule has 0 saturated heterocycles. The van der Waals surface area contributed by atoms with Crippen molar-refractivity contribution in [3.63, 3.8) is 0 Å². The van der Waals surface area contributed by atoms with E-state index in [0.717, 1.165) is 29.6 Å². The second kappa shape index (κ2) is 6.88. The molecule has 0 spiro atoms. The predicted molar refractivity (Wildman–Crippen MR) is 96.0 cm³/mol. The Morgan fingerprint density at radius 2 is 1.59 bits per heavy atom. The number of ether oxygens (including phenoxy) is 2. The fourth-order valence-corrected chi connectivity index (χ4v) is 3.82. The molecular formula is C19H11F3O4S. The quantitative estimate of drug-likeness (QED) is 0.345. The van der Waals surface area contributed by atoms with E-state index in [0.29, 0.717) is 15.5 Å². The van der Waals surface area contributed by atoms with Crippen LogP contribution in [0.3, 0.4) is 0 Å². The largest absolute Gasteiger partial charge is 0.423 e. The van der Waals surface area contributed by atoms with Crippen molar-refractivity contribution in [2.24, 2.45) is 0 Å². The zero-order valence-corrected chi connectivity index (χ0v) is 14.4. The molecule has 8 heteroatoms. The number of fused-ring (bicyclic) bond motifs is 3. The molecule has 3 rings (SSSR count). The van der Waals surface area contributed by atoms with Crippen LogP contribution < -0.4 is 9.47 Å². The molecular weight excluding hydrogens is 381 g/mol. The summed E-state index contributed by atoms with van der Waals surface area (Å²) in [5.74, 6) is -2.07. The van der Waals surface area contributed by atoms with E-state index in [2.05, 4.69) is 13.2 Å². The molecule has 4 nitrogen and oxygen atoms in total. The Morgan fingerprint density at radius 1 is 0.963 bits per heavy atom. The monoisotopic (exact) mass is 392 g/mol. The molecule has 1 heterocycles. The number of carbonyl (C=O) groups excluding carboxylic acids is 2. The van der Waals surface area contributed by atoms with E-state index < -0.39 is 29.4 Å². The van der Waals surface area contributed by atoms with Crippen LogP contribution in [0, 0.1) is 0 Å². The van der Waals surface area contributed by atoms with Crippen LogP contribution in [-0.2, 0) is 15.8 Å². The van der Waals surface area contributed by atoms with Gasteiger partial charge < -0.3 is 9.47 Å². The molecule has 0 aliphatic rings. The molecule has 0 unspecified atom stereocenters. The summed E-state index contributed by atoms with van der Waals surface area (Å²) in [4.78, 5) is 22.7. The first kappa shape index (κ1) is 18.7. The van der Waals surface area contributed by atoms with Crippen LogP contribution in [0.4, 0.5) is 13.2 Å². The van der Waals surface area contributed by atoms with E-state index in [1.807, 2.05) is 0 Å². The van der Waals surface area contributed by atoms with Crippen LogP contribution in [0.25, 0.3) is 20.2 Å². The lowest BCUT2D eigenvalue weighted by atomic mass is 10.1. The van der Waals surface area contributed by atoms with Gasteiger partial charge in [0, 0.05) is 27.6 Å². The maximum absolute atomic E-state index is 13.7. The van der Waals surface area contributed by atoms with Gasteiger partial charge in [-0.1, -0.05) is 13.2 Å². The molecule has 0 atom stereocenters. The summed E-state index contributed by atoms with van der Waals surface area (Å²) in [6.45, 7) is 6.47. The Balaban J connectivity index is 2.23. The van der Waals surface area contributed by atoms with Gasteiger partial charge in [-0.2, -0.15) is 13.2 Å². The number of alkyl halides is 3. The molecule has 1 aromatic heterocycles. The third-order valence-corrected chi connectivity index (χ3v) is 4.81. The van der Waals surface area contributed by atoms with Crippen LogP contribution in [0.1, 0.15) is 5.56 Å². The first-order chi connectivity index (χ1) is 12.7. The van der Waals surface area contributed by atoms with Crippen molar-refractivity contribution in [2.75, 3.05) is 0 Å². The van der Waals surface area contributed by atoms with Crippen LogP contribution in [-0.4, -0.2) is 11.9 Å². The number of thiophene rings is 1. The van der Waals surface area contributed by atoms with E-state index in [1.165, 1.54) is 18.2 Å². The van der Waals surface area contributed by atoms with Gasteiger partial charge >= 0.3 is 18.1 Å². The fourth-order valence-electron chi connectivity index (χ4n) is 2.53. The molecule has 138 valence electrons. The van der Waals surface area contributed by atoms with Gasteiger partial charge in [-0.15, -0.1) is 11.3 Å². The Morgan fingerprint density at radius 3 is 2.22 bits per heavy atom. The summed E-state index contributed by atoms with van der Waals surface area (Å²) >= 11 is 0.859. The third kappa shape index (κ3) is 3.56. The molecule has 0 fully saturated rings. The molecule has 0 bridgehead atoms. The summed E-state index contributed by atoms with van der Waals surface area (Å²) in [5.41, 5.74) is -1.04. The van der Waals surface area contributed by atoms with E-state index >= 15 is 0 Å². The molecule has 0 N–H and O–H groups in total. The van der Waals surface area contributed by atoms with Gasteiger partial charge in [0.05, 0.1) is 4.70 Å². The van der Waals surface area contributed by atoms with Gasteiger partial charge in [-0.25, -0.2) is 9.59 Å². The van der Waals surface area contributed by atoms with Crippen molar-refractivity contribution >= 4 is 43.4 Å². The van der Waals surface area contributed by atoms with Crippen LogP contribution in [0.15, 0.2) is 55.6 Å². The van der Waals surface area contributed by atoms with Crippen LogP contribution in [0.5, 0.6) is 11.5 Å². The molecule has 0 amide bonds. The Kier molecular flexibility index (Phi) is 4.75. The smallest absolute Gasteiger partial charge is 0.421 e. The maximum Gasteiger partial charge on any atom is 0.421 e. The average Bonchev–Trinajstić information content (AvgIpc) is 2.97. The van der Waals surface area contributed by atoms with Gasteiger partial charge in [0.2, 0.25) is 0 Å². The van der Waals surface area contributed by atoms with E-state index in [1.54, 1.807) is 6.07 Å². The fraction of sp³-hybridized carbons (Fsp3) is 0.0526. The van der Waals surface area contributed by atoms with Crippen molar-refractivity contribution < 1.29 is 32.2 Å². The minimum absolute atomic E-state index is 0.0842. The van der Waals surface area contributed by atoms with Gasteiger partial charge in [-0.05, 0) is 30.3 Å². The molecule has 2 aromatic carbocycles. The minimum Gasteiger partial charge on any atom is -0.423 e. The number of rotatable bonds is 4. The van der Waals surface area contributed by atoms with Gasteiger partial charge in [0.15, 0.2) is 0 Å². The zero-order chi connectivity index (χ0) is 19.8. The van der Waals surface area contributed by atoms with E-state index in [4.69, 9.17) is 9.47 Å². The van der Waals surface area contributed by atoms with Gasteiger partial charge in [0.25, 0.3) is 0 Å². The number of hydrogen-bond donors (Lipinski definition) is 0. The van der Waals surface area contributed by atoms with Crippen LogP contribution >= 0.6 is 11.3 Å². The lowest BCUT2D eigenvalue weighted by Crippen LogP contribution is -2.11. The standard InChI is InChI=1S/C19H11F3O4S/c1-3-15(23)25-10-5-6-11-12-7-8-13(26-16(24)4-2)17(19(20,21)22)18(12)27-14(11)9-10/h3-9H,1-2H2. The lowest BCUT2D eigenvalue weighted by molar-refractivity contribution is -0.139. The average molecular weight is 392 g/mol. The van der Waals surface area contributed by atoms with Crippen molar-refractivity contribution in [2.45, 2.75) is 6.18 Å². The van der Waals surface area contributed by atoms with Crippen LogP contribution in [0.2, 0.25) is 0 Å². The van der Waals surface area contributed by atoms with Crippen molar-refractivity contribution in [3.8, 4) is 11.5 Å². The summed E-state index contributed by atoms with van der Waals surface area (Å²) in [5, 5.41) is 0.905. The highest BCUT2D eigenvalue weighted by Crippen LogP contribution is 2.47. The van der Waals surface area contributed by atoms with E-state index in [-0.39, 0.29) is 10.4 Å². The first-order valence-electron chi connectivity index (χ1n) is 7.49. The third-order valence-electron chi connectivity index (χ3n) is 3.62. The number of benzene rings is 2. The second-order valence-corrected chi connectivity index (χ2v) is 6.38. The molecule has 0 aliphatic carbocycles. The van der Waals surface area contributed by atoms with Crippen molar-refractivity contribution in [3.05, 3.63) is 61.2 Å². The number of carbonyl (C=O) groups is 2. The highest BCUT2D eigenvalue weighted by molar-refractivity contribution is 7.26. The molecule has 0 aliphatic heterocycles. The summed E-state index contributed by atoms with van der Waals surface area (Å²) < 4.78 is 51.2. The Labute approximate surface area is 155 Å². The Hall–Kier alpha value is -3.13. The summed E-state index contributed by atoms with van der Waals surface area (Å²) in [7, 11) is 0. The summed E-state index contributed by atoms with van der Waals surface area (Å²) in [6, 6.07) is 7.07. The number of halogens is 3. The van der Waals surface area contributed by atoms with Crippen molar-refractivity contribution in [1.82, 2.24) is 0 Å². The zero-order valence-electron chi connectivity index (χ0n) is 13.6. The highest BCUT2D eigenvalue weighted by Gasteiger charge is 2.38. The topological polar surface area (TPSA) is 52.6 Å². The summed E-state index contributed by atoms with van der Waals surface area (Å²) in [6.07, 6.45) is -2.97. The molecule has 0 radical (unpaired) electrons. The van der Waals surface area contributed by atoms with Gasteiger partial charge in [0.1, 0.15) is 17.1 Å². The predicted octanol–water partition coefficient (Wildman–Crippen LogP) is 5.26. The lowest BCUT2D eigenvalue weighted by Gasteiger charge is -2.13. The Bertz CT molecular complexity index is 1100. The van der Waals surface area contributed by atoms with E-state index in [9.17, 15) is 22.8 Å². The van der Waals surface area contributed by atoms with Crippen molar-refractivity contribution in [1.29, 1.82) is 0 Å². The molecule has 3 aromatic rings. The SMILES string of the molecule is C=CC(=O)Oc1ccc2c(c1)sc1c(C(F)(F)F)c(OC(=O)C=C)ccc12. The molecule has 0 saturated carbocycles. The number of esters is 2. The first-order valence-corrected chi connectivity index (χ1v) is 8.31. The number of hydrogen-bond acceptors (Lipinski definition) is 5. The highest BCUT2D eigenvalue weighted by atomic mass is 32.1.